The molecule has 1 rings (SSSR count). The minimum Gasteiger partial charge on any atom is -0.744 e. The average Bonchev–Trinajstić information content (AvgIpc) is 2.74. The van der Waals surface area contributed by atoms with E-state index in [9.17, 15) is 43.3 Å². The van der Waals surface area contributed by atoms with Crippen molar-refractivity contribution >= 4 is 49.8 Å². The van der Waals surface area contributed by atoms with Gasteiger partial charge in [0.15, 0.2) is 0 Å². The standard InChI is InChI=1S/C12H25S2.C6H3N3O9S/c1-6-11(13-8-3)12(7-2)14(9-4)10-5;10-7(11)3-1-4(8(12)13)6(19(16,17)18)5(2-3)9(14)15/h6-10H2,1-5H3;1-2H,(H,16,17,18)/q+1;/p-1/b12-11-;. The minimum absolute atomic E-state index is 0.164. The van der Waals surface area contributed by atoms with Gasteiger partial charge in [0.2, 0.25) is 4.90 Å². The third kappa shape index (κ3) is 8.91. The molecular formula is C18H27N3O9S3. The second-order valence-electron chi connectivity index (χ2n) is 6.10. The maximum absolute atomic E-state index is 10.8. The zero-order valence-corrected chi connectivity index (χ0v) is 21.4. The molecule has 1 aromatic carbocycles. The van der Waals surface area contributed by atoms with Gasteiger partial charge in [-0.2, -0.15) is 0 Å². The average molecular weight is 526 g/mol. The lowest BCUT2D eigenvalue weighted by atomic mass is 10.2. The van der Waals surface area contributed by atoms with Crippen LogP contribution in [0, 0.1) is 30.3 Å². The predicted molar refractivity (Wildman–Crippen MR) is 129 cm³/mol. The lowest BCUT2D eigenvalue weighted by Gasteiger charge is -2.11. The Morgan fingerprint density at radius 1 is 0.879 bits per heavy atom. The zero-order valence-electron chi connectivity index (χ0n) is 18.9. The second kappa shape index (κ2) is 14.1. The van der Waals surface area contributed by atoms with Gasteiger partial charge in [0.25, 0.3) is 5.69 Å². The van der Waals surface area contributed by atoms with Crippen LogP contribution in [0.25, 0.3) is 0 Å². The summed E-state index contributed by atoms with van der Waals surface area (Å²) in [5.41, 5.74) is -4.11. The van der Waals surface area contributed by atoms with Gasteiger partial charge in [-0.1, -0.05) is 20.8 Å². The number of allylic oxidation sites excluding steroid dienone is 2. The molecule has 0 bridgehead atoms. The van der Waals surface area contributed by atoms with Crippen LogP contribution in [0.1, 0.15) is 47.5 Å². The van der Waals surface area contributed by atoms with Gasteiger partial charge in [0.05, 0.1) is 26.9 Å². The van der Waals surface area contributed by atoms with Crippen molar-refractivity contribution in [2.24, 2.45) is 0 Å². The maximum Gasteiger partial charge on any atom is 0.300 e. The van der Waals surface area contributed by atoms with Gasteiger partial charge < -0.3 is 4.55 Å². The van der Waals surface area contributed by atoms with Crippen LogP contribution in [0.15, 0.2) is 26.8 Å². The van der Waals surface area contributed by atoms with Gasteiger partial charge in [-0.05, 0) is 26.0 Å². The van der Waals surface area contributed by atoms with Crippen LogP contribution in [0.4, 0.5) is 17.1 Å². The molecule has 0 saturated carbocycles. The van der Waals surface area contributed by atoms with E-state index in [1.165, 1.54) is 30.1 Å². The van der Waals surface area contributed by atoms with Crippen LogP contribution >= 0.6 is 11.8 Å². The van der Waals surface area contributed by atoms with E-state index < -0.39 is 46.8 Å². The van der Waals surface area contributed by atoms with Crippen LogP contribution in [0.2, 0.25) is 0 Å². The van der Waals surface area contributed by atoms with E-state index in [0.717, 1.165) is 0 Å². The second-order valence-corrected chi connectivity index (χ2v) is 11.4. The molecule has 12 nitrogen and oxygen atoms in total. The van der Waals surface area contributed by atoms with E-state index in [4.69, 9.17) is 0 Å². The number of rotatable bonds is 11. The minimum atomic E-state index is -5.55. The molecule has 15 heteroatoms. The van der Waals surface area contributed by atoms with E-state index in [1.54, 1.807) is 9.81 Å². The Bertz CT molecular complexity index is 972. The summed E-state index contributed by atoms with van der Waals surface area (Å²) in [6.45, 7) is 11.5. The summed E-state index contributed by atoms with van der Waals surface area (Å²) in [7, 11) is -5.00. The van der Waals surface area contributed by atoms with E-state index in [-0.39, 0.29) is 12.1 Å². The van der Waals surface area contributed by atoms with Gasteiger partial charge in [-0.15, -0.1) is 11.8 Å². The molecular weight excluding hydrogens is 498 g/mol. The fourth-order valence-corrected chi connectivity index (χ4v) is 7.03. The molecule has 1 aromatic rings. The first-order valence-electron chi connectivity index (χ1n) is 9.89. The molecule has 33 heavy (non-hydrogen) atoms. The van der Waals surface area contributed by atoms with E-state index in [2.05, 4.69) is 46.4 Å². The monoisotopic (exact) mass is 525 g/mol. The normalized spacial score (nSPS) is 12.0. The number of non-ortho nitro benzene ring substituents is 1. The Balaban J connectivity index is 0.000000653. The summed E-state index contributed by atoms with van der Waals surface area (Å²) in [4.78, 5) is 29.3. The predicted octanol–water partition coefficient (Wildman–Crippen LogP) is 4.74. The summed E-state index contributed by atoms with van der Waals surface area (Å²) in [5, 5.41) is 31.6. The van der Waals surface area contributed by atoms with Gasteiger partial charge in [0.1, 0.15) is 26.5 Å². The number of nitrogens with zero attached hydrogens (tertiary/aromatic N) is 3. The fourth-order valence-electron chi connectivity index (χ4n) is 2.89. The molecule has 0 aliphatic heterocycles. The molecule has 0 aromatic heterocycles. The molecule has 0 aliphatic carbocycles. The Labute approximate surface area is 199 Å². The van der Waals surface area contributed by atoms with Crippen LogP contribution < -0.4 is 0 Å². The highest BCUT2D eigenvalue weighted by atomic mass is 32.2. The number of hydrogen-bond acceptors (Lipinski definition) is 10. The van der Waals surface area contributed by atoms with Crippen LogP contribution in [0.3, 0.4) is 0 Å². The van der Waals surface area contributed by atoms with Crippen molar-refractivity contribution in [3.05, 3.63) is 52.3 Å². The lowest BCUT2D eigenvalue weighted by molar-refractivity contribution is -0.407. The molecule has 0 spiro atoms. The van der Waals surface area contributed by atoms with Crippen molar-refractivity contribution in [1.82, 2.24) is 0 Å². The van der Waals surface area contributed by atoms with Gasteiger partial charge in [-0.3, -0.25) is 30.3 Å². The third-order valence-corrected chi connectivity index (χ3v) is 9.05. The first-order chi connectivity index (χ1) is 15.3. The molecule has 0 amide bonds. The molecule has 0 radical (unpaired) electrons. The van der Waals surface area contributed by atoms with Crippen molar-refractivity contribution in [1.29, 1.82) is 0 Å². The molecule has 0 aliphatic rings. The smallest absolute Gasteiger partial charge is 0.300 e. The van der Waals surface area contributed by atoms with Gasteiger partial charge in [0, 0.05) is 22.2 Å². The van der Waals surface area contributed by atoms with E-state index in [1.807, 2.05) is 0 Å². The van der Waals surface area contributed by atoms with Gasteiger partial charge in [-0.25, -0.2) is 8.42 Å². The van der Waals surface area contributed by atoms with Crippen LogP contribution in [-0.4, -0.2) is 45.0 Å². The largest absolute Gasteiger partial charge is 0.744 e. The van der Waals surface area contributed by atoms with Crippen molar-refractivity contribution < 1.29 is 27.7 Å². The topological polar surface area (TPSA) is 187 Å². The van der Waals surface area contributed by atoms with E-state index >= 15 is 0 Å². The first kappa shape index (κ1) is 30.8. The molecule has 0 unspecified atom stereocenters. The highest BCUT2D eigenvalue weighted by Crippen LogP contribution is 2.36. The summed E-state index contributed by atoms with van der Waals surface area (Å²) >= 11 is 2.05. The molecule has 0 atom stereocenters. The van der Waals surface area contributed by atoms with E-state index in [0.29, 0.717) is 10.9 Å². The quantitative estimate of drug-likeness (QED) is 0.169. The van der Waals surface area contributed by atoms with Gasteiger partial charge >= 0.3 is 11.4 Å². The highest BCUT2D eigenvalue weighted by Gasteiger charge is 2.34. The zero-order chi connectivity index (χ0) is 25.9. The van der Waals surface area contributed by atoms with Crippen LogP contribution in [0.5, 0.6) is 0 Å². The summed E-state index contributed by atoms with van der Waals surface area (Å²) in [6.07, 6.45) is 2.48. The number of nitro groups is 3. The van der Waals surface area contributed by atoms with Crippen molar-refractivity contribution in [2.75, 3.05) is 17.3 Å². The Hall–Kier alpha value is -2.23. The molecule has 0 N–H and O–H groups in total. The summed E-state index contributed by atoms with van der Waals surface area (Å²) in [6, 6.07) is 0.329. The SMILES string of the molecule is CCS/C(CC)=C(/CC)[S+](CC)CC.O=[N+]([O-])c1cc([N+](=O)[O-])c(S(=O)(=O)[O-])c([N+](=O)[O-])c1. The maximum atomic E-state index is 10.8. The molecule has 0 heterocycles. The number of thioether (sulfide) groups is 1. The lowest BCUT2D eigenvalue weighted by Crippen LogP contribution is -2.12. The Kier molecular flexibility index (Phi) is 13.2. The summed E-state index contributed by atoms with van der Waals surface area (Å²) < 4.78 is 32.5. The Morgan fingerprint density at radius 2 is 1.33 bits per heavy atom. The molecule has 0 saturated heterocycles. The number of nitro benzene ring substituents is 3. The molecule has 186 valence electrons. The highest BCUT2D eigenvalue weighted by molar-refractivity contribution is 8.05. The fraction of sp³-hybridized carbons (Fsp3) is 0.556. The Morgan fingerprint density at radius 3 is 1.58 bits per heavy atom. The number of hydrogen-bond donors (Lipinski definition) is 0. The van der Waals surface area contributed by atoms with Crippen LogP contribution in [-0.2, 0) is 21.0 Å². The number of benzene rings is 1. The van der Waals surface area contributed by atoms with Crippen molar-refractivity contribution in [3.8, 4) is 0 Å². The van der Waals surface area contributed by atoms with Crippen molar-refractivity contribution in [2.45, 2.75) is 52.4 Å². The third-order valence-electron chi connectivity index (χ3n) is 4.21. The van der Waals surface area contributed by atoms with Crippen molar-refractivity contribution in [3.63, 3.8) is 0 Å². The summed E-state index contributed by atoms with van der Waals surface area (Å²) in [5.74, 6) is 3.87. The first-order valence-corrected chi connectivity index (χ1v) is 13.8. The molecule has 0 fully saturated rings.